The van der Waals surface area contributed by atoms with E-state index in [4.69, 9.17) is 10.2 Å². The average Bonchev–Trinajstić information content (AvgIpc) is 2.12. The Labute approximate surface area is 95.5 Å². The predicted octanol–water partition coefficient (Wildman–Crippen LogP) is 2.25. The van der Waals surface area contributed by atoms with Crippen molar-refractivity contribution in [2.75, 3.05) is 0 Å². The summed E-state index contributed by atoms with van der Waals surface area (Å²) in [5.74, 6) is -2.56. The Balaban J connectivity index is 3.50. The Morgan fingerprint density at radius 3 is 2.43 bits per heavy atom. The number of aromatic hydroxyl groups is 2. The minimum Gasteiger partial charge on any atom is -0.504 e. The molecule has 1 rings (SSSR count). The Bertz CT molecular complexity index is 390. The molecule has 0 saturated heterocycles. The van der Waals surface area contributed by atoms with Crippen LogP contribution in [0.1, 0.15) is 10.4 Å². The molecule has 0 spiro atoms. The van der Waals surface area contributed by atoms with Crippen LogP contribution in [-0.4, -0.2) is 21.3 Å². The lowest BCUT2D eigenvalue weighted by atomic mass is 10.2. The number of carbonyl (C=O) groups is 1. The number of hydrogen-bond acceptors (Lipinski definition) is 4. The normalized spacial score (nSPS) is 9.86. The van der Waals surface area contributed by atoms with E-state index in [1.54, 1.807) is 0 Å². The summed E-state index contributed by atoms with van der Waals surface area (Å²) in [6.45, 7) is 0. The van der Waals surface area contributed by atoms with Crippen LogP contribution >= 0.6 is 32.2 Å². The van der Waals surface area contributed by atoms with E-state index >= 15 is 0 Å². The van der Waals surface area contributed by atoms with Gasteiger partial charge in [0.15, 0.2) is 27.8 Å². The van der Waals surface area contributed by atoms with Gasteiger partial charge in [0.1, 0.15) is 0 Å². The number of aromatic carboxylic acids is 1. The second-order valence-electron chi connectivity index (χ2n) is 2.32. The fourth-order valence-electron chi connectivity index (χ4n) is 0.837. The molecular formula is C7H4Br2O5. The maximum atomic E-state index is 10.7. The van der Waals surface area contributed by atoms with Crippen LogP contribution in [0.3, 0.4) is 0 Å². The lowest BCUT2D eigenvalue weighted by Gasteiger charge is -2.07. The predicted molar refractivity (Wildman–Crippen MR) is 54.0 cm³/mol. The van der Waals surface area contributed by atoms with Gasteiger partial charge in [0.05, 0.1) is 10.0 Å². The third-order valence-electron chi connectivity index (χ3n) is 1.48. The summed E-state index contributed by atoms with van der Waals surface area (Å²) in [5, 5.41) is 27.1. The molecule has 0 amide bonds. The van der Waals surface area contributed by atoms with E-state index in [0.29, 0.717) is 0 Å². The summed E-state index contributed by atoms with van der Waals surface area (Å²) >= 11 is 5.50. The van der Waals surface area contributed by atoms with Crippen LogP contribution in [0.15, 0.2) is 10.5 Å². The summed E-state index contributed by atoms with van der Waals surface area (Å²) in [6, 6.07) is 0.914. The molecule has 0 aromatic heterocycles. The first kappa shape index (κ1) is 11.1. The smallest absolute Gasteiger partial charge is 0.337 e. The molecule has 3 N–H and O–H groups in total. The first-order chi connectivity index (χ1) is 6.49. The van der Waals surface area contributed by atoms with Gasteiger partial charge in [0.25, 0.3) is 0 Å². The maximum absolute atomic E-state index is 10.7. The van der Waals surface area contributed by atoms with E-state index in [0.717, 1.165) is 6.07 Å². The zero-order chi connectivity index (χ0) is 10.9. The molecule has 0 aliphatic rings. The van der Waals surface area contributed by atoms with Crippen molar-refractivity contribution in [2.24, 2.45) is 0 Å². The van der Waals surface area contributed by atoms with Crippen LogP contribution in [0.5, 0.6) is 17.2 Å². The molecule has 76 valence electrons. The molecule has 0 atom stereocenters. The summed E-state index contributed by atoms with van der Waals surface area (Å²) in [4.78, 5) is 10.7. The van der Waals surface area contributed by atoms with Crippen molar-refractivity contribution < 1.29 is 23.9 Å². The lowest BCUT2D eigenvalue weighted by Crippen LogP contribution is -1.98. The van der Waals surface area contributed by atoms with Crippen molar-refractivity contribution in [3.63, 3.8) is 0 Å². The van der Waals surface area contributed by atoms with Crippen molar-refractivity contribution >= 4 is 38.2 Å². The summed E-state index contributed by atoms with van der Waals surface area (Å²) in [7, 11) is 0. The fourth-order valence-corrected chi connectivity index (χ4v) is 1.92. The number of carboxylic acids is 1. The number of halogens is 2. The van der Waals surface area contributed by atoms with Crippen LogP contribution in [0, 0.1) is 0 Å². The molecule has 0 radical (unpaired) electrons. The Morgan fingerprint density at radius 1 is 1.43 bits per heavy atom. The van der Waals surface area contributed by atoms with Crippen LogP contribution in [-0.2, 0) is 0 Å². The van der Waals surface area contributed by atoms with Gasteiger partial charge in [-0.05, 0) is 22.0 Å². The van der Waals surface area contributed by atoms with Crippen LogP contribution in [0.4, 0.5) is 0 Å². The molecule has 0 fully saturated rings. The number of hydrogen-bond donors (Lipinski definition) is 3. The highest BCUT2D eigenvalue weighted by Crippen LogP contribution is 2.44. The minimum atomic E-state index is -1.25. The van der Waals surface area contributed by atoms with Crippen molar-refractivity contribution in [3.8, 4) is 17.2 Å². The molecule has 0 heterocycles. The topological polar surface area (TPSA) is 87.0 Å². The van der Waals surface area contributed by atoms with Crippen molar-refractivity contribution in [1.29, 1.82) is 0 Å². The van der Waals surface area contributed by atoms with E-state index < -0.39 is 17.5 Å². The number of carboxylic acid groups (broad SMARTS) is 1. The van der Waals surface area contributed by atoms with Crippen molar-refractivity contribution in [3.05, 3.63) is 16.1 Å². The van der Waals surface area contributed by atoms with E-state index in [2.05, 4.69) is 36.0 Å². The van der Waals surface area contributed by atoms with Gasteiger partial charge in [-0.2, -0.15) is 0 Å². The highest BCUT2D eigenvalue weighted by molar-refractivity contribution is 9.10. The molecule has 1 aromatic rings. The molecule has 0 aliphatic carbocycles. The molecule has 0 saturated carbocycles. The highest BCUT2D eigenvalue weighted by atomic mass is 79.9. The second-order valence-corrected chi connectivity index (χ2v) is 3.43. The largest absolute Gasteiger partial charge is 0.504 e. The third-order valence-corrected chi connectivity index (χ3v) is 2.59. The number of phenols is 2. The highest BCUT2D eigenvalue weighted by Gasteiger charge is 2.20. The Hall–Kier alpha value is -0.950. The van der Waals surface area contributed by atoms with Gasteiger partial charge >= 0.3 is 5.97 Å². The first-order valence-electron chi connectivity index (χ1n) is 3.25. The van der Waals surface area contributed by atoms with Gasteiger partial charge in [-0.15, -0.1) is 0 Å². The number of phenolic OH excluding ortho intramolecular Hbond substituents is 2. The Morgan fingerprint density at radius 2 is 2.00 bits per heavy atom. The molecule has 0 unspecified atom stereocenters. The minimum absolute atomic E-state index is 0.0391. The first-order valence-corrected chi connectivity index (χ1v) is 4.69. The van der Waals surface area contributed by atoms with Gasteiger partial charge in [-0.25, -0.2) is 4.79 Å². The van der Waals surface area contributed by atoms with E-state index in [-0.39, 0.29) is 15.8 Å². The average molecular weight is 328 g/mol. The van der Waals surface area contributed by atoms with E-state index in [9.17, 15) is 9.90 Å². The van der Waals surface area contributed by atoms with Gasteiger partial charge in [0.2, 0.25) is 5.75 Å². The second kappa shape index (κ2) is 4.05. The summed E-state index contributed by atoms with van der Waals surface area (Å²) in [6.07, 6.45) is 0. The van der Waals surface area contributed by atoms with Crippen LogP contribution < -0.4 is 3.83 Å². The number of rotatable bonds is 2. The molecule has 0 aliphatic heterocycles. The zero-order valence-electron chi connectivity index (χ0n) is 6.49. The Kier molecular flexibility index (Phi) is 3.22. The molecule has 7 heteroatoms. The van der Waals surface area contributed by atoms with E-state index in [1.165, 1.54) is 0 Å². The third kappa shape index (κ3) is 1.78. The number of benzene rings is 1. The standard InChI is InChI=1S/C7H4Br2O5/c8-4-2(7(12)13)1-3(10)5(11)6(4)14-9/h1,10-11H,(H,12,13). The van der Waals surface area contributed by atoms with Gasteiger partial charge in [-0.3, -0.25) is 0 Å². The maximum Gasteiger partial charge on any atom is 0.337 e. The SMILES string of the molecule is O=C(O)c1cc(O)c(O)c(OBr)c1Br. The quantitative estimate of drug-likeness (QED) is 0.725. The monoisotopic (exact) mass is 326 g/mol. The summed E-state index contributed by atoms with van der Waals surface area (Å²) < 4.78 is 4.58. The molecule has 14 heavy (non-hydrogen) atoms. The molecule has 0 bridgehead atoms. The van der Waals surface area contributed by atoms with Crippen LogP contribution in [0.2, 0.25) is 0 Å². The van der Waals surface area contributed by atoms with Crippen molar-refractivity contribution in [1.82, 2.24) is 0 Å². The van der Waals surface area contributed by atoms with E-state index in [1.807, 2.05) is 0 Å². The summed E-state index contributed by atoms with van der Waals surface area (Å²) in [5.41, 5.74) is -0.213. The molecular weight excluding hydrogens is 324 g/mol. The van der Waals surface area contributed by atoms with Gasteiger partial charge < -0.3 is 19.1 Å². The zero-order valence-corrected chi connectivity index (χ0v) is 9.66. The fraction of sp³-hybridized carbons (Fsp3) is 0. The van der Waals surface area contributed by atoms with Gasteiger partial charge in [-0.1, -0.05) is 0 Å². The molecule has 5 nitrogen and oxygen atoms in total. The van der Waals surface area contributed by atoms with Crippen molar-refractivity contribution in [2.45, 2.75) is 0 Å². The van der Waals surface area contributed by atoms with Gasteiger partial charge in [0, 0.05) is 0 Å². The molecule has 1 aromatic carbocycles. The lowest BCUT2D eigenvalue weighted by molar-refractivity contribution is 0.0695. The van der Waals surface area contributed by atoms with Crippen LogP contribution in [0.25, 0.3) is 0 Å².